The number of hydrogen-bond acceptors (Lipinski definition) is 3. The van der Waals surface area contributed by atoms with Crippen LogP contribution in [0.5, 0.6) is 11.5 Å². The van der Waals surface area contributed by atoms with E-state index in [2.05, 4.69) is 18.3 Å². The van der Waals surface area contributed by atoms with E-state index in [9.17, 15) is 4.79 Å². The molecular weight excluding hydrogens is 362 g/mol. The summed E-state index contributed by atoms with van der Waals surface area (Å²) in [7, 11) is 0. The zero-order chi connectivity index (χ0) is 19.5. The van der Waals surface area contributed by atoms with Crippen molar-refractivity contribution in [3.8, 4) is 11.5 Å². The van der Waals surface area contributed by atoms with Crippen LogP contribution in [0.2, 0.25) is 5.02 Å². The quantitative estimate of drug-likeness (QED) is 0.548. The van der Waals surface area contributed by atoms with Gasteiger partial charge in [-0.15, -0.1) is 0 Å². The van der Waals surface area contributed by atoms with Gasteiger partial charge in [-0.05, 0) is 49.4 Å². The van der Waals surface area contributed by atoms with Gasteiger partial charge in [0.2, 0.25) is 0 Å². The van der Waals surface area contributed by atoms with Crippen molar-refractivity contribution in [2.24, 2.45) is 0 Å². The summed E-state index contributed by atoms with van der Waals surface area (Å²) >= 11 is 6.11. The number of hydrogen-bond donors (Lipinski definition) is 1. The van der Waals surface area contributed by atoms with Crippen molar-refractivity contribution < 1.29 is 14.3 Å². The fraction of sp³-hybridized carbons (Fsp3) is 0.409. The molecule has 0 spiro atoms. The highest BCUT2D eigenvalue weighted by Gasteiger charge is 2.18. The molecule has 2 rings (SSSR count). The minimum atomic E-state index is -0.551. The van der Waals surface area contributed by atoms with Crippen molar-refractivity contribution in [3.63, 3.8) is 0 Å². The molecule has 27 heavy (non-hydrogen) atoms. The monoisotopic (exact) mass is 389 g/mol. The molecule has 4 nitrogen and oxygen atoms in total. The molecule has 0 aliphatic carbocycles. The average Bonchev–Trinajstić information content (AvgIpc) is 2.69. The van der Waals surface area contributed by atoms with Gasteiger partial charge in [-0.1, -0.05) is 55.8 Å². The van der Waals surface area contributed by atoms with Crippen LogP contribution in [-0.2, 0) is 11.2 Å². The van der Waals surface area contributed by atoms with Crippen LogP contribution in [0.4, 0.5) is 0 Å². The van der Waals surface area contributed by atoms with Crippen LogP contribution in [0.25, 0.3) is 0 Å². The van der Waals surface area contributed by atoms with Crippen LogP contribution < -0.4 is 14.8 Å². The predicted molar refractivity (Wildman–Crippen MR) is 110 cm³/mol. The molecule has 0 radical (unpaired) electrons. The summed E-state index contributed by atoms with van der Waals surface area (Å²) in [6, 6.07) is 15.2. The molecule has 0 saturated carbocycles. The molecule has 1 atom stereocenters. The third-order valence-electron chi connectivity index (χ3n) is 4.13. The largest absolute Gasteiger partial charge is 0.493 e. The Morgan fingerprint density at radius 1 is 1.07 bits per heavy atom. The highest BCUT2D eigenvalue weighted by Crippen LogP contribution is 2.25. The van der Waals surface area contributed by atoms with Gasteiger partial charge in [0.1, 0.15) is 11.5 Å². The molecule has 0 aromatic heterocycles. The lowest BCUT2D eigenvalue weighted by molar-refractivity contribution is -0.128. The summed E-state index contributed by atoms with van der Waals surface area (Å²) in [6.45, 7) is 5.31. The third kappa shape index (κ3) is 6.79. The van der Waals surface area contributed by atoms with Crippen LogP contribution >= 0.6 is 11.6 Å². The first-order valence-electron chi connectivity index (χ1n) is 9.55. The maximum Gasteiger partial charge on any atom is 0.261 e. The molecule has 0 aliphatic rings. The second kappa shape index (κ2) is 11.5. The van der Waals surface area contributed by atoms with E-state index in [0.29, 0.717) is 30.3 Å². The number of halogens is 1. The summed E-state index contributed by atoms with van der Waals surface area (Å²) in [5.41, 5.74) is 1.17. The normalized spacial score (nSPS) is 11.7. The molecule has 0 saturated heterocycles. The second-order valence-electron chi connectivity index (χ2n) is 6.30. The van der Waals surface area contributed by atoms with Crippen LogP contribution in [0.15, 0.2) is 48.5 Å². The summed E-state index contributed by atoms with van der Waals surface area (Å²) < 4.78 is 11.5. The average molecular weight is 390 g/mol. The number of carbonyl (C=O) groups is 1. The molecule has 1 N–H and O–H groups in total. The molecule has 2 aromatic carbocycles. The highest BCUT2D eigenvalue weighted by molar-refractivity contribution is 6.32. The number of aryl methyl sites for hydroxylation is 1. The molecule has 0 heterocycles. The Bertz CT molecular complexity index is 720. The number of amides is 1. The lowest BCUT2D eigenvalue weighted by atomic mass is 10.1. The number of nitrogens with one attached hydrogen (secondary N) is 1. The van der Waals surface area contributed by atoms with Crippen molar-refractivity contribution in [2.45, 2.75) is 45.6 Å². The Balaban J connectivity index is 1.80. The van der Waals surface area contributed by atoms with E-state index >= 15 is 0 Å². The first-order valence-corrected chi connectivity index (χ1v) is 9.93. The molecule has 1 unspecified atom stereocenters. The van der Waals surface area contributed by atoms with Gasteiger partial charge in [0.05, 0.1) is 11.6 Å². The molecule has 0 fully saturated rings. The Morgan fingerprint density at radius 3 is 2.48 bits per heavy atom. The van der Waals surface area contributed by atoms with Crippen LogP contribution in [0.1, 0.15) is 38.7 Å². The number of carbonyl (C=O) groups excluding carboxylic acids is 1. The Morgan fingerprint density at radius 2 is 1.78 bits per heavy atom. The standard InChI is InChI=1S/C22H28ClNO3/c1-3-16-26-20-13-7-5-10-17(20)11-9-15-24-22(25)19(4-2)27-21-14-8-6-12-18(21)23/h5-8,10,12-14,19H,3-4,9,11,15-16H2,1-2H3,(H,24,25). The highest BCUT2D eigenvalue weighted by atomic mass is 35.5. The Labute approximate surface area is 166 Å². The van der Waals surface area contributed by atoms with Crippen LogP contribution in [0.3, 0.4) is 0 Å². The van der Waals surface area contributed by atoms with Gasteiger partial charge >= 0.3 is 0 Å². The summed E-state index contributed by atoms with van der Waals surface area (Å²) in [5, 5.41) is 3.47. The van der Waals surface area contributed by atoms with Crippen molar-refractivity contribution in [1.29, 1.82) is 0 Å². The maximum atomic E-state index is 12.4. The van der Waals surface area contributed by atoms with Gasteiger partial charge in [0.15, 0.2) is 6.10 Å². The van der Waals surface area contributed by atoms with Crippen LogP contribution in [0, 0.1) is 0 Å². The number of para-hydroxylation sites is 2. The molecule has 5 heteroatoms. The van der Waals surface area contributed by atoms with Gasteiger partial charge in [-0.25, -0.2) is 0 Å². The first-order chi connectivity index (χ1) is 13.2. The Hall–Kier alpha value is -2.20. The SMILES string of the molecule is CCCOc1ccccc1CCCNC(=O)C(CC)Oc1ccccc1Cl. The van der Waals surface area contributed by atoms with E-state index in [-0.39, 0.29) is 5.91 Å². The summed E-state index contributed by atoms with van der Waals surface area (Å²) in [4.78, 5) is 12.4. The lowest BCUT2D eigenvalue weighted by Crippen LogP contribution is -2.38. The van der Waals surface area contributed by atoms with Gasteiger partial charge in [0.25, 0.3) is 5.91 Å². The number of ether oxygens (including phenoxy) is 2. The Kier molecular flexibility index (Phi) is 8.99. The minimum Gasteiger partial charge on any atom is -0.493 e. The van der Waals surface area contributed by atoms with Gasteiger partial charge in [-0.3, -0.25) is 4.79 Å². The van der Waals surface area contributed by atoms with E-state index < -0.39 is 6.10 Å². The summed E-state index contributed by atoms with van der Waals surface area (Å²) in [6.07, 6.45) is 2.69. The fourth-order valence-corrected chi connectivity index (χ4v) is 2.86. The topological polar surface area (TPSA) is 47.6 Å². The minimum absolute atomic E-state index is 0.118. The molecular formula is C22H28ClNO3. The summed E-state index contributed by atoms with van der Waals surface area (Å²) in [5.74, 6) is 1.34. The van der Waals surface area contributed by atoms with Crippen molar-refractivity contribution in [1.82, 2.24) is 5.32 Å². The number of rotatable bonds is 11. The molecule has 146 valence electrons. The third-order valence-corrected chi connectivity index (χ3v) is 4.44. The van der Waals surface area contributed by atoms with E-state index in [0.717, 1.165) is 25.0 Å². The lowest BCUT2D eigenvalue weighted by Gasteiger charge is -2.18. The zero-order valence-corrected chi connectivity index (χ0v) is 16.8. The molecule has 2 aromatic rings. The van der Waals surface area contributed by atoms with Crippen molar-refractivity contribution in [2.75, 3.05) is 13.2 Å². The molecule has 1 amide bonds. The van der Waals surface area contributed by atoms with Crippen molar-refractivity contribution in [3.05, 3.63) is 59.1 Å². The maximum absolute atomic E-state index is 12.4. The van der Waals surface area contributed by atoms with Gasteiger partial charge < -0.3 is 14.8 Å². The second-order valence-corrected chi connectivity index (χ2v) is 6.70. The van der Waals surface area contributed by atoms with Crippen LogP contribution in [-0.4, -0.2) is 25.2 Å². The van der Waals surface area contributed by atoms with E-state index in [1.165, 1.54) is 5.56 Å². The molecule has 0 aliphatic heterocycles. The fourth-order valence-electron chi connectivity index (χ4n) is 2.68. The smallest absolute Gasteiger partial charge is 0.261 e. The van der Waals surface area contributed by atoms with E-state index in [4.69, 9.17) is 21.1 Å². The van der Waals surface area contributed by atoms with Gasteiger partial charge in [-0.2, -0.15) is 0 Å². The van der Waals surface area contributed by atoms with E-state index in [1.807, 2.05) is 37.3 Å². The number of benzene rings is 2. The first kappa shape index (κ1) is 21.1. The van der Waals surface area contributed by atoms with E-state index in [1.54, 1.807) is 12.1 Å². The predicted octanol–water partition coefficient (Wildman–Crippen LogP) is 5.04. The molecule has 0 bridgehead atoms. The van der Waals surface area contributed by atoms with Gasteiger partial charge in [0, 0.05) is 6.54 Å². The zero-order valence-electron chi connectivity index (χ0n) is 16.0. The van der Waals surface area contributed by atoms with Crippen molar-refractivity contribution >= 4 is 17.5 Å².